The van der Waals surface area contributed by atoms with Crippen molar-refractivity contribution in [1.29, 1.82) is 0 Å². The molecule has 1 aliphatic heterocycles. The summed E-state index contributed by atoms with van der Waals surface area (Å²) in [7, 11) is 0. The molecule has 0 atom stereocenters. The van der Waals surface area contributed by atoms with Gasteiger partial charge < -0.3 is 10.1 Å². The van der Waals surface area contributed by atoms with Crippen molar-refractivity contribution in [3.63, 3.8) is 0 Å². The molecular formula is C13H16FNO. The third-order valence-electron chi connectivity index (χ3n) is 2.58. The van der Waals surface area contributed by atoms with E-state index < -0.39 is 0 Å². The van der Waals surface area contributed by atoms with E-state index in [-0.39, 0.29) is 5.82 Å². The molecule has 1 heterocycles. The van der Waals surface area contributed by atoms with Gasteiger partial charge in [0.2, 0.25) is 0 Å². The van der Waals surface area contributed by atoms with Gasteiger partial charge in [-0.1, -0.05) is 18.2 Å². The van der Waals surface area contributed by atoms with Crippen molar-refractivity contribution in [2.75, 3.05) is 19.8 Å². The first kappa shape index (κ1) is 11.3. The maximum absolute atomic E-state index is 12.7. The molecule has 0 bridgehead atoms. The number of hydrogen-bond acceptors (Lipinski definition) is 2. The van der Waals surface area contributed by atoms with Crippen molar-refractivity contribution < 1.29 is 9.13 Å². The first-order valence-corrected chi connectivity index (χ1v) is 5.55. The van der Waals surface area contributed by atoms with Gasteiger partial charge in [-0.05, 0) is 29.7 Å². The van der Waals surface area contributed by atoms with Crippen LogP contribution in [0, 0.1) is 5.82 Å². The highest BCUT2D eigenvalue weighted by molar-refractivity contribution is 5.16. The van der Waals surface area contributed by atoms with Crippen LogP contribution in [0.4, 0.5) is 4.39 Å². The van der Waals surface area contributed by atoms with Crippen LogP contribution in [0.15, 0.2) is 35.9 Å². The molecule has 1 N–H and O–H groups in total. The van der Waals surface area contributed by atoms with Crippen LogP contribution in [0.1, 0.15) is 12.0 Å². The predicted molar refractivity (Wildman–Crippen MR) is 61.6 cm³/mol. The van der Waals surface area contributed by atoms with Crippen LogP contribution in [-0.4, -0.2) is 19.8 Å². The Morgan fingerprint density at radius 3 is 2.69 bits per heavy atom. The summed E-state index contributed by atoms with van der Waals surface area (Å²) < 4.78 is 18.0. The van der Waals surface area contributed by atoms with Gasteiger partial charge in [0, 0.05) is 13.1 Å². The van der Waals surface area contributed by atoms with E-state index in [2.05, 4.69) is 11.4 Å². The summed E-state index contributed by atoms with van der Waals surface area (Å²) in [5.74, 6) is -0.188. The van der Waals surface area contributed by atoms with Gasteiger partial charge in [0.15, 0.2) is 0 Å². The first-order chi connectivity index (χ1) is 7.84. The third kappa shape index (κ3) is 3.43. The lowest BCUT2D eigenvalue weighted by molar-refractivity contribution is 0.149. The van der Waals surface area contributed by atoms with E-state index in [1.54, 1.807) is 12.1 Å². The van der Waals surface area contributed by atoms with Gasteiger partial charge in [0.25, 0.3) is 0 Å². The summed E-state index contributed by atoms with van der Waals surface area (Å²) in [6.45, 7) is 3.17. The van der Waals surface area contributed by atoms with Gasteiger partial charge in [-0.25, -0.2) is 4.39 Å². The number of halogens is 1. The first-order valence-electron chi connectivity index (χ1n) is 5.55. The monoisotopic (exact) mass is 221 g/mol. The minimum absolute atomic E-state index is 0.188. The van der Waals surface area contributed by atoms with Crippen molar-refractivity contribution in [2.24, 2.45) is 0 Å². The maximum Gasteiger partial charge on any atom is 0.123 e. The van der Waals surface area contributed by atoms with Crippen LogP contribution in [0.2, 0.25) is 0 Å². The summed E-state index contributed by atoms with van der Waals surface area (Å²) in [5, 5.41) is 3.32. The van der Waals surface area contributed by atoms with Crippen molar-refractivity contribution in [2.45, 2.75) is 13.0 Å². The zero-order valence-corrected chi connectivity index (χ0v) is 9.21. The fourth-order valence-electron chi connectivity index (χ4n) is 1.70. The van der Waals surface area contributed by atoms with Crippen LogP contribution in [-0.2, 0) is 11.3 Å². The third-order valence-corrected chi connectivity index (χ3v) is 2.58. The van der Waals surface area contributed by atoms with Gasteiger partial charge in [-0.15, -0.1) is 0 Å². The van der Waals surface area contributed by atoms with Crippen LogP contribution in [0.5, 0.6) is 0 Å². The highest BCUT2D eigenvalue weighted by atomic mass is 19.1. The molecule has 0 unspecified atom stereocenters. The van der Waals surface area contributed by atoms with Crippen molar-refractivity contribution >= 4 is 0 Å². The van der Waals surface area contributed by atoms with Gasteiger partial charge in [0.1, 0.15) is 5.82 Å². The highest BCUT2D eigenvalue weighted by Crippen LogP contribution is 2.05. The van der Waals surface area contributed by atoms with Gasteiger partial charge in [-0.3, -0.25) is 0 Å². The number of ether oxygens (including phenoxy) is 1. The molecule has 16 heavy (non-hydrogen) atoms. The molecule has 0 radical (unpaired) electrons. The van der Waals surface area contributed by atoms with E-state index in [0.717, 1.165) is 38.3 Å². The molecule has 0 saturated carbocycles. The van der Waals surface area contributed by atoms with Crippen LogP contribution in [0.25, 0.3) is 0 Å². The molecule has 0 spiro atoms. The number of benzene rings is 1. The molecule has 0 aliphatic carbocycles. The second-order valence-electron chi connectivity index (χ2n) is 3.93. The maximum atomic E-state index is 12.7. The van der Waals surface area contributed by atoms with E-state index >= 15 is 0 Å². The lowest BCUT2D eigenvalue weighted by atomic mass is 10.2. The summed E-state index contributed by atoms with van der Waals surface area (Å²) in [5.41, 5.74) is 2.40. The molecule has 3 heteroatoms. The predicted octanol–water partition coefficient (Wildman–Crippen LogP) is 2.26. The zero-order valence-electron chi connectivity index (χ0n) is 9.21. The smallest absolute Gasteiger partial charge is 0.123 e. The minimum atomic E-state index is -0.188. The Morgan fingerprint density at radius 2 is 2.00 bits per heavy atom. The minimum Gasteiger partial charge on any atom is -0.377 e. The molecule has 86 valence electrons. The number of hydrogen-bond donors (Lipinski definition) is 1. The quantitative estimate of drug-likeness (QED) is 0.787. The van der Waals surface area contributed by atoms with Gasteiger partial charge in [-0.2, -0.15) is 0 Å². The van der Waals surface area contributed by atoms with E-state index in [4.69, 9.17) is 4.74 Å². The Balaban J connectivity index is 1.75. The summed E-state index contributed by atoms with van der Waals surface area (Å²) in [6.07, 6.45) is 3.23. The summed E-state index contributed by atoms with van der Waals surface area (Å²) >= 11 is 0. The van der Waals surface area contributed by atoms with E-state index in [9.17, 15) is 4.39 Å². The van der Waals surface area contributed by atoms with Gasteiger partial charge in [0.05, 0.1) is 13.2 Å². The molecule has 0 saturated heterocycles. The van der Waals surface area contributed by atoms with E-state index in [1.165, 1.54) is 17.7 Å². The van der Waals surface area contributed by atoms with E-state index in [1.807, 2.05) is 0 Å². The Morgan fingerprint density at radius 1 is 1.19 bits per heavy atom. The molecule has 1 aromatic carbocycles. The zero-order chi connectivity index (χ0) is 11.2. The average Bonchev–Trinajstić information content (AvgIpc) is 2.33. The number of rotatable bonds is 4. The van der Waals surface area contributed by atoms with Crippen LogP contribution >= 0.6 is 0 Å². The Bertz CT molecular complexity index is 359. The average molecular weight is 221 g/mol. The summed E-state index contributed by atoms with van der Waals surface area (Å²) in [6, 6.07) is 6.57. The lowest BCUT2D eigenvalue weighted by Gasteiger charge is -2.14. The van der Waals surface area contributed by atoms with Crippen LogP contribution in [0.3, 0.4) is 0 Å². The standard InChI is InChI=1S/C13H16FNO/c14-13-5-3-11(4-6-13)8-15-9-12-2-1-7-16-10-12/h2-6,15H,1,7-10H2. The van der Waals surface area contributed by atoms with Crippen LogP contribution < -0.4 is 5.32 Å². The Hall–Kier alpha value is -1.19. The molecule has 1 aliphatic rings. The van der Waals surface area contributed by atoms with Crippen molar-refractivity contribution in [3.8, 4) is 0 Å². The SMILES string of the molecule is Fc1ccc(CNCC2=CCCOC2)cc1. The lowest BCUT2D eigenvalue weighted by Crippen LogP contribution is -2.20. The second-order valence-corrected chi connectivity index (χ2v) is 3.93. The largest absolute Gasteiger partial charge is 0.377 e. The Kier molecular flexibility index (Phi) is 4.08. The molecule has 1 aromatic rings. The Labute approximate surface area is 95.1 Å². The molecular weight excluding hydrogens is 205 g/mol. The molecule has 2 nitrogen and oxygen atoms in total. The summed E-state index contributed by atoms with van der Waals surface area (Å²) in [4.78, 5) is 0. The highest BCUT2D eigenvalue weighted by Gasteiger charge is 2.02. The topological polar surface area (TPSA) is 21.3 Å². The van der Waals surface area contributed by atoms with E-state index in [0.29, 0.717) is 0 Å². The molecule has 0 fully saturated rings. The fraction of sp³-hybridized carbons (Fsp3) is 0.385. The second kappa shape index (κ2) is 5.77. The van der Waals surface area contributed by atoms with Crippen molar-refractivity contribution in [3.05, 3.63) is 47.3 Å². The van der Waals surface area contributed by atoms with Crippen molar-refractivity contribution in [1.82, 2.24) is 5.32 Å². The fourth-order valence-corrected chi connectivity index (χ4v) is 1.70. The molecule has 2 rings (SSSR count). The molecule has 0 amide bonds. The van der Waals surface area contributed by atoms with Gasteiger partial charge >= 0.3 is 0 Å². The normalized spacial score (nSPS) is 15.9. The number of nitrogens with one attached hydrogen (secondary N) is 1. The molecule has 0 aromatic heterocycles.